The lowest BCUT2D eigenvalue weighted by atomic mass is 10.2. The molecule has 112 valence electrons. The molecule has 21 heavy (non-hydrogen) atoms. The summed E-state index contributed by atoms with van der Waals surface area (Å²) in [6.45, 7) is -0.320. The number of primary sulfonamides is 1. The monoisotopic (exact) mass is 333 g/mol. The molecule has 0 saturated carbocycles. The van der Waals surface area contributed by atoms with E-state index in [1.807, 2.05) is 0 Å². The van der Waals surface area contributed by atoms with Gasteiger partial charge in [-0.2, -0.15) is 0 Å². The van der Waals surface area contributed by atoms with Gasteiger partial charge in [-0.25, -0.2) is 22.3 Å². The highest BCUT2D eigenvalue weighted by Crippen LogP contribution is 2.26. The highest BCUT2D eigenvalue weighted by atomic mass is 35.5. The van der Waals surface area contributed by atoms with Crippen molar-refractivity contribution in [3.8, 4) is 5.75 Å². The van der Waals surface area contributed by atoms with E-state index >= 15 is 0 Å². The van der Waals surface area contributed by atoms with Gasteiger partial charge < -0.3 is 4.74 Å². The zero-order valence-electron chi connectivity index (χ0n) is 10.5. The van der Waals surface area contributed by atoms with Crippen molar-refractivity contribution in [2.24, 2.45) is 5.14 Å². The predicted octanol–water partition coefficient (Wildman–Crippen LogP) is 2.84. The Kier molecular flexibility index (Phi) is 4.46. The molecule has 0 aliphatic rings. The van der Waals surface area contributed by atoms with Gasteiger partial charge in [0.1, 0.15) is 28.9 Å². The van der Waals surface area contributed by atoms with E-state index in [1.165, 1.54) is 18.2 Å². The van der Waals surface area contributed by atoms with Crippen molar-refractivity contribution in [2.75, 3.05) is 0 Å². The molecule has 0 saturated heterocycles. The maximum Gasteiger partial charge on any atom is 0.241 e. The standard InChI is InChI=1S/C13H10ClF2NO3S/c14-10-2-1-3-11(16)9(10)7-20-12-5-4-8(15)6-13(12)21(17,18)19/h1-6H,7H2,(H2,17,18,19). The number of hydrogen-bond acceptors (Lipinski definition) is 3. The van der Waals surface area contributed by atoms with Crippen LogP contribution in [0, 0.1) is 11.6 Å². The average Bonchev–Trinajstić information content (AvgIpc) is 2.38. The molecule has 0 fully saturated rings. The number of benzene rings is 2. The van der Waals surface area contributed by atoms with Gasteiger partial charge in [-0.3, -0.25) is 0 Å². The molecular formula is C13H10ClF2NO3S. The van der Waals surface area contributed by atoms with E-state index in [1.54, 1.807) is 0 Å². The van der Waals surface area contributed by atoms with Gasteiger partial charge in [0.05, 0.1) is 5.02 Å². The Labute approximate surface area is 125 Å². The lowest BCUT2D eigenvalue weighted by Crippen LogP contribution is -2.14. The summed E-state index contributed by atoms with van der Waals surface area (Å²) < 4.78 is 54.7. The Morgan fingerprint density at radius 2 is 1.90 bits per heavy atom. The summed E-state index contributed by atoms with van der Waals surface area (Å²) >= 11 is 5.83. The first-order valence-electron chi connectivity index (χ1n) is 5.67. The second-order valence-electron chi connectivity index (χ2n) is 4.12. The SMILES string of the molecule is NS(=O)(=O)c1cc(F)ccc1OCc1c(F)cccc1Cl. The smallest absolute Gasteiger partial charge is 0.241 e. The van der Waals surface area contributed by atoms with Crippen molar-refractivity contribution < 1.29 is 21.9 Å². The van der Waals surface area contributed by atoms with Crippen molar-refractivity contribution >= 4 is 21.6 Å². The minimum Gasteiger partial charge on any atom is -0.487 e. The van der Waals surface area contributed by atoms with Crippen molar-refractivity contribution in [2.45, 2.75) is 11.5 Å². The van der Waals surface area contributed by atoms with Gasteiger partial charge in [0.2, 0.25) is 10.0 Å². The zero-order chi connectivity index (χ0) is 15.6. The van der Waals surface area contributed by atoms with Gasteiger partial charge in [0.15, 0.2) is 0 Å². The minimum atomic E-state index is -4.17. The topological polar surface area (TPSA) is 69.4 Å². The molecule has 0 unspecified atom stereocenters. The average molecular weight is 334 g/mol. The third-order valence-electron chi connectivity index (χ3n) is 2.65. The van der Waals surface area contributed by atoms with Crippen molar-refractivity contribution in [1.29, 1.82) is 0 Å². The zero-order valence-corrected chi connectivity index (χ0v) is 12.1. The van der Waals surface area contributed by atoms with Crippen LogP contribution in [-0.4, -0.2) is 8.42 Å². The number of halogens is 3. The largest absolute Gasteiger partial charge is 0.487 e. The van der Waals surface area contributed by atoms with E-state index in [-0.39, 0.29) is 22.9 Å². The Bertz CT molecular complexity index is 761. The Morgan fingerprint density at radius 1 is 1.19 bits per heavy atom. The first-order chi connectivity index (χ1) is 9.79. The van der Waals surface area contributed by atoms with Crippen LogP contribution < -0.4 is 9.88 Å². The molecule has 0 spiro atoms. The quantitative estimate of drug-likeness (QED) is 0.935. The Hall–Kier alpha value is -1.70. The van der Waals surface area contributed by atoms with Crippen LogP contribution in [0.5, 0.6) is 5.75 Å². The molecule has 0 radical (unpaired) electrons. The normalized spacial score (nSPS) is 11.4. The van der Waals surface area contributed by atoms with Crippen LogP contribution in [0.1, 0.15) is 5.56 Å². The van der Waals surface area contributed by atoms with Gasteiger partial charge in [0, 0.05) is 5.56 Å². The summed E-state index contributed by atoms with van der Waals surface area (Å²) in [6.07, 6.45) is 0. The number of hydrogen-bond donors (Lipinski definition) is 1. The first-order valence-corrected chi connectivity index (χ1v) is 7.59. The van der Waals surface area contributed by atoms with E-state index in [0.29, 0.717) is 0 Å². The van der Waals surface area contributed by atoms with E-state index < -0.39 is 26.6 Å². The number of nitrogens with two attached hydrogens (primary N) is 1. The molecule has 4 nitrogen and oxygen atoms in total. The maximum atomic E-state index is 13.6. The third-order valence-corrected chi connectivity index (χ3v) is 3.93. The molecule has 0 heterocycles. The van der Waals surface area contributed by atoms with Crippen LogP contribution in [0.25, 0.3) is 0 Å². The van der Waals surface area contributed by atoms with Crippen LogP contribution in [0.4, 0.5) is 8.78 Å². The van der Waals surface area contributed by atoms with Gasteiger partial charge in [-0.15, -0.1) is 0 Å². The lowest BCUT2D eigenvalue weighted by Gasteiger charge is -2.11. The highest BCUT2D eigenvalue weighted by Gasteiger charge is 2.17. The van der Waals surface area contributed by atoms with Crippen molar-refractivity contribution in [3.63, 3.8) is 0 Å². The maximum absolute atomic E-state index is 13.6. The van der Waals surface area contributed by atoms with Crippen molar-refractivity contribution in [3.05, 3.63) is 58.6 Å². The molecule has 0 aliphatic carbocycles. The molecule has 2 aromatic rings. The fourth-order valence-electron chi connectivity index (χ4n) is 1.64. The fourth-order valence-corrected chi connectivity index (χ4v) is 2.55. The Balaban J connectivity index is 2.33. The van der Waals surface area contributed by atoms with E-state index in [9.17, 15) is 17.2 Å². The molecule has 0 aliphatic heterocycles. The van der Waals surface area contributed by atoms with Crippen LogP contribution in [0.15, 0.2) is 41.3 Å². The van der Waals surface area contributed by atoms with Gasteiger partial charge >= 0.3 is 0 Å². The van der Waals surface area contributed by atoms with Crippen LogP contribution in [-0.2, 0) is 16.6 Å². The summed E-state index contributed by atoms with van der Waals surface area (Å²) in [7, 11) is -4.17. The molecule has 0 atom stereocenters. The van der Waals surface area contributed by atoms with Gasteiger partial charge in [-0.1, -0.05) is 17.7 Å². The number of ether oxygens (including phenoxy) is 1. The van der Waals surface area contributed by atoms with Crippen LogP contribution in [0.3, 0.4) is 0 Å². The second-order valence-corrected chi connectivity index (χ2v) is 6.06. The summed E-state index contributed by atoms with van der Waals surface area (Å²) in [5, 5.41) is 5.11. The molecule has 0 aromatic heterocycles. The predicted molar refractivity (Wildman–Crippen MR) is 73.5 cm³/mol. The summed E-state index contributed by atoms with van der Waals surface area (Å²) in [5.41, 5.74) is 0.0591. The minimum absolute atomic E-state index is 0.0591. The molecule has 0 bridgehead atoms. The fraction of sp³-hybridized carbons (Fsp3) is 0.0769. The molecule has 2 rings (SSSR count). The van der Waals surface area contributed by atoms with Gasteiger partial charge in [0.25, 0.3) is 0 Å². The van der Waals surface area contributed by atoms with E-state index in [0.717, 1.165) is 18.2 Å². The second kappa shape index (κ2) is 5.97. The molecule has 0 amide bonds. The molecule has 8 heteroatoms. The molecule has 2 N–H and O–H groups in total. The van der Waals surface area contributed by atoms with E-state index in [4.69, 9.17) is 21.5 Å². The first kappa shape index (κ1) is 15.7. The van der Waals surface area contributed by atoms with Gasteiger partial charge in [-0.05, 0) is 30.3 Å². The third kappa shape index (κ3) is 3.69. The molecular weight excluding hydrogens is 324 g/mol. The van der Waals surface area contributed by atoms with Crippen LogP contribution in [0.2, 0.25) is 5.02 Å². The summed E-state index contributed by atoms with van der Waals surface area (Å²) in [6, 6.07) is 6.92. The number of rotatable bonds is 4. The Morgan fingerprint density at radius 3 is 2.52 bits per heavy atom. The highest BCUT2D eigenvalue weighted by molar-refractivity contribution is 7.89. The lowest BCUT2D eigenvalue weighted by molar-refractivity contribution is 0.291. The number of sulfonamides is 1. The molecule has 2 aromatic carbocycles. The van der Waals surface area contributed by atoms with E-state index in [2.05, 4.69) is 0 Å². The summed E-state index contributed by atoms with van der Waals surface area (Å²) in [5.74, 6) is -1.56. The van der Waals surface area contributed by atoms with Crippen molar-refractivity contribution in [1.82, 2.24) is 0 Å². The van der Waals surface area contributed by atoms with Crippen LogP contribution >= 0.6 is 11.6 Å². The summed E-state index contributed by atoms with van der Waals surface area (Å²) in [4.78, 5) is -0.519.